The van der Waals surface area contributed by atoms with E-state index in [2.05, 4.69) is 5.32 Å². The van der Waals surface area contributed by atoms with Gasteiger partial charge < -0.3 is 5.32 Å². The summed E-state index contributed by atoms with van der Waals surface area (Å²) in [4.78, 5) is 20.5. The Bertz CT molecular complexity index is 321. The van der Waals surface area contributed by atoms with Gasteiger partial charge >= 0.3 is 0 Å². The molecular formula is C10H11NO2. The zero-order valence-electron chi connectivity index (χ0n) is 7.41. The van der Waals surface area contributed by atoms with Gasteiger partial charge in [-0.25, -0.2) is 0 Å². The molecule has 0 aromatic heterocycles. The monoisotopic (exact) mass is 177 g/mol. The fraction of sp³-hybridized carbons (Fsp3) is 0.200. The summed E-state index contributed by atoms with van der Waals surface area (Å²) in [7, 11) is 0. The molecule has 0 atom stereocenters. The molecule has 0 bridgehead atoms. The summed E-state index contributed by atoms with van der Waals surface area (Å²) in [6, 6.07) is 5.47. The van der Waals surface area contributed by atoms with Crippen LogP contribution >= 0.6 is 0 Å². The third-order valence-corrected chi connectivity index (χ3v) is 1.85. The van der Waals surface area contributed by atoms with Gasteiger partial charge in [-0.15, -0.1) is 0 Å². The van der Waals surface area contributed by atoms with Crippen LogP contribution in [0.5, 0.6) is 0 Å². The molecule has 13 heavy (non-hydrogen) atoms. The van der Waals surface area contributed by atoms with E-state index in [0.717, 1.165) is 17.4 Å². The minimum atomic E-state index is 0.503. The smallest absolute Gasteiger partial charge is 0.207 e. The predicted octanol–water partition coefficient (Wildman–Crippen LogP) is 1.05. The van der Waals surface area contributed by atoms with Gasteiger partial charge in [-0.05, 0) is 18.1 Å². The van der Waals surface area contributed by atoms with Crippen LogP contribution in [0.2, 0.25) is 0 Å². The van der Waals surface area contributed by atoms with E-state index in [4.69, 9.17) is 0 Å². The van der Waals surface area contributed by atoms with Gasteiger partial charge in [0.2, 0.25) is 6.41 Å². The van der Waals surface area contributed by atoms with Crippen molar-refractivity contribution in [2.24, 2.45) is 0 Å². The lowest BCUT2D eigenvalue weighted by Crippen LogP contribution is -2.09. The van der Waals surface area contributed by atoms with E-state index in [1.54, 1.807) is 6.07 Å². The van der Waals surface area contributed by atoms with Crippen molar-refractivity contribution in [3.05, 3.63) is 34.9 Å². The first-order valence-corrected chi connectivity index (χ1v) is 3.99. The SMILES string of the molecule is Cc1cc(CNC=O)ccc1C=O. The summed E-state index contributed by atoms with van der Waals surface area (Å²) < 4.78 is 0. The first kappa shape index (κ1) is 9.45. The second-order valence-electron chi connectivity index (χ2n) is 2.81. The van der Waals surface area contributed by atoms with Crippen molar-refractivity contribution in [1.82, 2.24) is 5.32 Å². The highest BCUT2D eigenvalue weighted by Gasteiger charge is 1.97. The number of hydrogen-bond donors (Lipinski definition) is 1. The van der Waals surface area contributed by atoms with Crippen LogP contribution in [0.25, 0.3) is 0 Å². The summed E-state index contributed by atoms with van der Waals surface area (Å²) in [5.74, 6) is 0. The van der Waals surface area contributed by atoms with Crippen LogP contribution in [0.1, 0.15) is 21.5 Å². The van der Waals surface area contributed by atoms with Gasteiger partial charge in [0.25, 0.3) is 0 Å². The maximum Gasteiger partial charge on any atom is 0.207 e. The van der Waals surface area contributed by atoms with E-state index in [9.17, 15) is 9.59 Å². The van der Waals surface area contributed by atoms with E-state index in [1.807, 2.05) is 19.1 Å². The maximum absolute atomic E-state index is 10.5. The zero-order valence-corrected chi connectivity index (χ0v) is 7.41. The van der Waals surface area contributed by atoms with E-state index in [0.29, 0.717) is 18.5 Å². The number of carbonyl (C=O) groups excluding carboxylic acids is 2. The van der Waals surface area contributed by atoms with Crippen LogP contribution in [0, 0.1) is 6.92 Å². The van der Waals surface area contributed by atoms with Gasteiger partial charge in [0.05, 0.1) is 0 Å². The lowest BCUT2D eigenvalue weighted by molar-refractivity contribution is -0.109. The first-order valence-electron chi connectivity index (χ1n) is 3.99. The Hall–Kier alpha value is -1.64. The number of amides is 1. The average molecular weight is 177 g/mol. The molecule has 0 aliphatic heterocycles. The van der Waals surface area contributed by atoms with Crippen molar-refractivity contribution in [1.29, 1.82) is 0 Å². The molecule has 0 aliphatic rings. The molecule has 0 saturated heterocycles. The van der Waals surface area contributed by atoms with Crippen LogP contribution in [0.4, 0.5) is 0 Å². The number of aryl methyl sites for hydroxylation is 1. The fourth-order valence-corrected chi connectivity index (χ4v) is 1.14. The molecule has 0 aliphatic carbocycles. The molecule has 1 rings (SSSR count). The Kier molecular flexibility index (Phi) is 3.20. The van der Waals surface area contributed by atoms with Crippen molar-refractivity contribution < 1.29 is 9.59 Å². The Labute approximate surface area is 76.8 Å². The van der Waals surface area contributed by atoms with Crippen molar-refractivity contribution in [2.75, 3.05) is 0 Å². The van der Waals surface area contributed by atoms with Crippen LogP contribution < -0.4 is 5.32 Å². The molecule has 3 heteroatoms. The quantitative estimate of drug-likeness (QED) is 0.699. The van der Waals surface area contributed by atoms with Gasteiger partial charge in [0.15, 0.2) is 0 Å². The van der Waals surface area contributed by atoms with Gasteiger partial charge in [0.1, 0.15) is 6.29 Å². The number of benzene rings is 1. The standard InChI is InChI=1S/C10H11NO2/c1-8-4-9(5-11-7-13)2-3-10(8)6-12/h2-4,6-7H,5H2,1H3,(H,11,13). The molecule has 68 valence electrons. The van der Waals surface area contributed by atoms with Crippen LogP contribution in [-0.4, -0.2) is 12.7 Å². The summed E-state index contributed by atoms with van der Waals surface area (Å²) in [6.45, 7) is 2.37. The molecular weight excluding hydrogens is 166 g/mol. The van der Waals surface area contributed by atoms with Crippen molar-refractivity contribution in [2.45, 2.75) is 13.5 Å². The summed E-state index contributed by atoms with van der Waals surface area (Å²) >= 11 is 0. The first-order chi connectivity index (χ1) is 6.27. The molecule has 0 saturated carbocycles. The largest absolute Gasteiger partial charge is 0.355 e. The second-order valence-corrected chi connectivity index (χ2v) is 2.81. The van der Waals surface area contributed by atoms with Crippen LogP contribution in [0.15, 0.2) is 18.2 Å². The average Bonchev–Trinajstić information content (AvgIpc) is 2.15. The van der Waals surface area contributed by atoms with Crippen molar-refractivity contribution >= 4 is 12.7 Å². The third kappa shape index (κ3) is 2.40. The van der Waals surface area contributed by atoms with E-state index in [-0.39, 0.29) is 0 Å². The highest BCUT2D eigenvalue weighted by atomic mass is 16.1. The van der Waals surface area contributed by atoms with Gasteiger partial charge in [0, 0.05) is 12.1 Å². The molecule has 1 aromatic carbocycles. The highest BCUT2D eigenvalue weighted by molar-refractivity contribution is 5.77. The van der Waals surface area contributed by atoms with E-state index in [1.165, 1.54) is 0 Å². The lowest BCUT2D eigenvalue weighted by Gasteiger charge is -2.02. The number of rotatable bonds is 4. The van der Waals surface area contributed by atoms with Gasteiger partial charge in [-0.1, -0.05) is 18.2 Å². The van der Waals surface area contributed by atoms with Crippen LogP contribution in [-0.2, 0) is 11.3 Å². The Balaban J connectivity index is 2.82. The number of nitrogens with one attached hydrogen (secondary N) is 1. The van der Waals surface area contributed by atoms with E-state index >= 15 is 0 Å². The molecule has 1 amide bonds. The van der Waals surface area contributed by atoms with Crippen molar-refractivity contribution in [3.8, 4) is 0 Å². The zero-order chi connectivity index (χ0) is 9.68. The molecule has 3 nitrogen and oxygen atoms in total. The minimum absolute atomic E-state index is 0.503. The number of hydrogen-bond acceptors (Lipinski definition) is 2. The summed E-state index contributed by atoms with van der Waals surface area (Å²) in [5, 5.41) is 2.56. The molecule has 1 aromatic rings. The minimum Gasteiger partial charge on any atom is -0.355 e. The van der Waals surface area contributed by atoms with Gasteiger partial charge in [-0.2, -0.15) is 0 Å². The highest BCUT2D eigenvalue weighted by Crippen LogP contribution is 2.08. The Morgan fingerprint density at radius 2 is 2.15 bits per heavy atom. The van der Waals surface area contributed by atoms with Gasteiger partial charge in [-0.3, -0.25) is 9.59 Å². The Morgan fingerprint density at radius 1 is 1.38 bits per heavy atom. The maximum atomic E-state index is 10.5. The predicted molar refractivity (Wildman–Crippen MR) is 49.5 cm³/mol. The molecule has 0 fully saturated rings. The molecule has 0 spiro atoms. The third-order valence-electron chi connectivity index (χ3n) is 1.85. The second kappa shape index (κ2) is 4.40. The van der Waals surface area contributed by atoms with Crippen molar-refractivity contribution in [3.63, 3.8) is 0 Å². The van der Waals surface area contributed by atoms with Crippen LogP contribution in [0.3, 0.4) is 0 Å². The number of carbonyl (C=O) groups is 2. The topological polar surface area (TPSA) is 46.2 Å². The fourth-order valence-electron chi connectivity index (χ4n) is 1.14. The number of aldehydes is 1. The normalized spacial score (nSPS) is 9.31. The molecule has 0 radical (unpaired) electrons. The Morgan fingerprint density at radius 3 is 2.69 bits per heavy atom. The molecule has 0 heterocycles. The summed E-state index contributed by atoms with van der Waals surface area (Å²) in [6.07, 6.45) is 1.48. The molecule has 0 unspecified atom stereocenters. The lowest BCUT2D eigenvalue weighted by atomic mass is 10.1. The van der Waals surface area contributed by atoms with E-state index < -0.39 is 0 Å². The molecule has 1 N–H and O–H groups in total. The summed E-state index contributed by atoms with van der Waals surface area (Å²) in [5.41, 5.74) is 2.62.